The van der Waals surface area contributed by atoms with Crippen molar-refractivity contribution in [3.8, 4) is 11.3 Å². The molecule has 1 aliphatic heterocycles. The number of nitro benzene ring substituents is 1. The van der Waals surface area contributed by atoms with Gasteiger partial charge in [0.2, 0.25) is 0 Å². The summed E-state index contributed by atoms with van der Waals surface area (Å²) >= 11 is 6.70. The highest BCUT2D eigenvalue weighted by molar-refractivity contribution is 8.18. The number of nitro groups is 1. The minimum Gasteiger partial charge on any atom is -0.457 e. The smallest absolute Gasteiger partial charge is 0.293 e. The number of imide groups is 1. The Balaban J connectivity index is 1.53. The molecule has 3 aromatic rings. The lowest BCUT2D eigenvalue weighted by Crippen LogP contribution is -2.27. The van der Waals surface area contributed by atoms with Gasteiger partial charge in [-0.15, -0.1) is 0 Å². The molecule has 1 aliphatic rings. The first kappa shape index (κ1) is 19.9. The van der Waals surface area contributed by atoms with Crippen LogP contribution in [-0.2, 0) is 11.3 Å². The maximum atomic E-state index is 12.7. The Morgan fingerprint density at radius 1 is 1.10 bits per heavy atom. The maximum absolute atomic E-state index is 12.7. The predicted molar refractivity (Wildman–Crippen MR) is 114 cm³/mol. The molecule has 30 heavy (non-hydrogen) atoms. The number of halogens is 1. The van der Waals surface area contributed by atoms with Gasteiger partial charge in [0.1, 0.15) is 11.5 Å². The van der Waals surface area contributed by atoms with Crippen molar-refractivity contribution < 1.29 is 18.9 Å². The van der Waals surface area contributed by atoms with Crippen LogP contribution in [0, 0.1) is 10.1 Å². The number of hydrogen-bond acceptors (Lipinski definition) is 6. The number of amides is 2. The first-order valence-corrected chi connectivity index (χ1v) is 9.94. The van der Waals surface area contributed by atoms with Crippen LogP contribution in [0.15, 0.2) is 70.0 Å². The molecular weight excluding hydrogens is 428 g/mol. The number of carbonyl (C=O) groups is 2. The molecule has 0 bridgehead atoms. The fourth-order valence-electron chi connectivity index (χ4n) is 2.90. The molecule has 7 nitrogen and oxygen atoms in total. The molecule has 4 rings (SSSR count). The van der Waals surface area contributed by atoms with Crippen molar-refractivity contribution in [2.24, 2.45) is 0 Å². The van der Waals surface area contributed by atoms with Crippen molar-refractivity contribution in [2.75, 3.05) is 0 Å². The van der Waals surface area contributed by atoms with E-state index in [0.717, 1.165) is 22.2 Å². The second-order valence-electron chi connectivity index (χ2n) is 6.40. The van der Waals surface area contributed by atoms with Crippen LogP contribution in [0.1, 0.15) is 11.3 Å². The zero-order valence-corrected chi connectivity index (χ0v) is 16.9. The van der Waals surface area contributed by atoms with Crippen molar-refractivity contribution in [1.82, 2.24) is 4.90 Å². The number of hydrogen-bond donors (Lipinski definition) is 0. The summed E-state index contributed by atoms with van der Waals surface area (Å²) in [5, 5.41) is 11.2. The van der Waals surface area contributed by atoms with Crippen LogP contribution in [0.5, 0.6) is 0 Å². The molecule has 2 aromatic carbocycles. The van der Waals surface area contributed by atoms with Gasteiger partial charge in [0.25, 0.3) is 16.8 Å². The average Bonchev–Trinajstić information content (AvgIpc) is 3.30. The van der Waals surface area contributed by atoms with Crippen LogP contribution in [0.2, 0.25) is 5.02 Å². The summed E-state index contributed by atoms with van der Waals surface area (Å²) in [4.78, 5) is 36.8. The molecule has 9 heteroatoms. The van der Waals surface area contributed by atoms with Crippen molar-refractivity contribution in [2.45, 2.75) is 6.54 Å². The molecular formula is C21H13ClN2O5S. The summed E-state index contributed by atoms with van der Waals surface area (Å²) in [5.74, 6) is 0.382. The standard InChI is InChI=1S/C21H13ClN2O5S/c22-15-6-4-13(5-7-15)12-23-20(25)19(30-21(23)26)11-17-8-9-18(29-17)14-2-1-3-16(10-14)24(27)28/h1-11H,12H2/b19-11-. The van der Waals surface area contributed by atoms with Crippen LogP contribution in [0.25, 0.3) is 17.4 Å². The third-order valence-corrected chi connectivity index (χ3v) is 5.53. The molecule has 0 spiro atoms. The van der Waals surface area contributed by atoms with Gasteiger partial charge in [-0.3, -0.25) is 24.6 Å². The second kappa shape index (κ2) is 8.17. The number of rotatable bonds is 5. The predicted octanol–water partition coefficient (Wildman–Crippen LogP) is 5.74. The topological polar surface area (TPSA) is 93.7 Å². The Hall–Kier alpha value is -3.36. The lowest BCUT2D eigenvalue weighted by atomic mass is 10.1. The first-order chi connectivity index (χ1) is 14.4. The van der Waals surface area contributed by atoms with E-state index in [-0.39, 0.29) is 22.4 Å². The van der Waals surface area contributed by atoms with E-state index in [1.165, 1.54) is 18.2 Å². The molecule has 1 fully saturated rings. The molecule has 0 saturated carbocycles. The van der Waals surface area contributed by atoms with Crippen molar-refractivity contribution in [3.63, 3.8) is 0 Å². The molecule has 2 amide bonds. The van der Waals surface area contributed by atoms with Crippen molar-refractivity contribution in [1.29, 1.82) is 0 Å². The van der Waals surface area contributed by atoms with Gasteiger partial charge in [0.05, 0.1) is 16.4 Å². The third kappa shape index (κ3) is 4.14. The van der Waals surface area contributed by atoms with E-state index in [1.54, 1.807) is 48.5 Å². The fraction of sp³-hybridized carbons (Fsp3) is 0.0476. The Kier molecular flexibility index (Phi) is 5.43. The molecule has 0 unspecified atom stereocenters. The van der Waals surface area contributed by atoms with Gasteiger partial charge in [-0.25, -0.2) is 0 Å². The summed E-state index contributed by atoms with van der Waals surface area (Å²) < 4.78 is 5.71. The lowest BCUT2D eigenvalue weighted by molar-refractivity contribution is -0.384. The molecule has 150 valence electrons. The van der Waals surface area contributed by atoms with Gasteiger partial charge in [-0.2, -0.15) is 0 Å². The van der Waals surface area contributed by atoms with E-state index in [4.69, 9.17) is 16.0 Å². The highest BCUT2D eigenvalue weighted by Gasteiger charge is 2.35. The van der Waals surface area contributed by atoms with Gasteiger partial charge in [0.15, 0.2) is 0 Å². The van der Waals surface area contributed by atoms with Crippen LogP contribution in [0.3, 0.4) is 0 Å². The number of nitrogens with zero attached hydrogens (tertiary/aromatic N) is 2. The van der Waals surface area contributed by atoms with Gasteiger partial charge >= 0.3 is 0 Å². The molecule has 0 radical (unpaired) electrons. The normalized spacial score (nSPS) is 15.2. The minimum absolute atomic E-state index is 0.0474. The summed E-state index contributed by atoms with van der Waals surface area (Å²) in [6, 6.07) is 16.3. The number of non-ortho nitro benzene ring substituents is 1. The van der Waals surface area contributed by atoms with Gasteiger partial charge in [0, 0.05) is 28.8 Å². The Morgan fingerprint density at radius 2 is 1.87 bits per heavy atom. The Morgan fingerprint density at radius 3 is 2.60 bits per heavy atom. The van der Waals surface area contributed by atoms with E-state index in [2.05, 4.69) is 0 Å². The molecule has 1 saturated heterocycles. The number of furan rings is 1. The quantitative estimate of drug-likeness (QED) is 0.285. The van der Waals surface area contributed by atoms with E-state index >= 15 is 0 Å². The zero-order valence-electron chi connectivity index (χ0n) is 15.3. The van der Waals surface area contributed by atoms with Gasteiger partial charge in [-0.1, -0.05) is 35.9 Å². The molecule has 0 atom stereocenters. The van der Waals surface area contributed by atoms with E-state index < -0.39 is 10.8 Å². The first-order valence-electron chi connectivity index (χ1n) is 8.75. The van der Waals surface area contributed by atoms with Crippen LogP contribution < -0.4 is 0 Å². The van der Waals surface area contributed by atoms with E-state index in [1.807, 2.05) is 0 Å². The Bertz CT molecular complexity index is 1190. The maximum Gasteiger partial charge on any atom is 0.293 e. The summed E-state index contributed by atoms with van der Waals surface area (Å²) in [7, 11) is 0. The summed E-state index contributed by atoms with van der Waals surface area (Å²) in [6.07, 6.45) is 1.49. The average molecular weight is 441 g/mol. The highest BCUT2D eigenvalue weighted by Crippen LogP contribution is 2.34. The monoisotopic (exact) mass is 440 g/mol. The fourth-order valence-corrected chi connectivity index (χ4v) is 3.84. The highest BCUT2D eigenvalue weighted by atomic mass is 35.5. The summed E-state index contributed by atoms with van der Waals surface area (Å²) in [6.45, 7) is 0.149. The third-order valence-electron chi connectivity index (χ3n) is 4.37. The van der Waals surface area contributed by atoms with Crippen LogP contribution in [-0.4, -0.2) is 21.0 Å². The summed E-state index contributed by atoms with van der Waals surface area (Å²) in [5.41, 5.74) is 1.28. The van der Waals surface area contributed by atoms with E-state index in [0.29, 0.717) is 22.1 Å². The molecule has 1 aromatic heterocycles. The lowest BCUT2D eigenvalue weighted by Gasteiger charge is -2.12. The van der Waals surface area contributed by atoms with Crippen molar-refractivity contribution >= 4 is 46.3 Å². The van der Waals surface area contributed by atoms with E-state index in [9.17, 15) is 19.7 Å². The molecule has 0 N–H and O–H groups in total. The van der Waals surface area contributed by atoms with Gasteiger partial charge in [-0.05, 0) is 41.6 Å². The number of carbonyl (C=O) groups excluding carboxylic acids is 2. The molecule has 2 heterocycles. The minimum atomic E-state index is -0.482. The number of thioether (sulfide) groups is 1. The molecule has 0 aliphatic carbocycles. The Labute approximate surface area is 180 Å². The SMILES string of the molecule is O=C1S/C(=C\c2ccc(-c3cccc([N+](=O)[O-])c3)o2)C(=O)N1Cc1ccc(Cl)cc1. The van der Waals surface area contributed by atoms with Crippen LogP contribution in [0.4, 0.5) is 10.5 Å². The zero-order chi connectivity index (χ0) is 21.3. The number of benzene rings is 2. The van der Waals surface area contributed by atoms with Crippen LogP contribution >= 0.6 is 23.4 Å². The van der Waals surface area contributed by atoms with Crippen molar-refractivity contribution in [3.05, 3.63) is 92.0 Å². The second-order valence-corrected chi connectivity index (χ2v) is 7.83. The largest absolute Gasteiger partial charge is 0.457 e. The van der Waals surface area contributed by atoms with Gasteiger partial charge < -0.3 is 4.42 Å².